The van der Waals surface area contributed by atoms with Crippen LogP contribution in [-0.2, 0) is 0 Å². The summed E-state index contributed by atoms with van der Waals surface area (Å²) in [5.41, 5.74) is -8.72. The highest BCUT2D eigenvalue weighted by atomic mass is 35.5. The van der Waals surface area contributed by atoms with Gasteiger partial charge in [0.15, 0.2) is 0 Å². The van der Waals surface area contributed by atoms with E-state index in [1.807, 2.05) is 0 Å². The van der Waals surface area contributed by atoms with Crippen molar-refractivity contribution in [3.8, 4) is 17.1 Å². The van der Waals surface area contributed by atoms with E-state index in [0.29, 0.717) is 13.7 Å². The lowest BCUT2D eigenvalue weighted by molar-refractivity contribution is 0.975. The monoisotopic (exact) mass is 963 g/mol. The summed E-state index contributed by atoms with van der Waals surface area (Å²) in [5.74, 6) is 0. The van der Waals surface area contributed by atoms with E-state index >= 15 is 0 Å². The quantitative estimate of drug-likeness (QED) is 0.129. The molecule has 0 radical (unpaired) electrons. The smallest absolute Gasteiger partial charge is 0.267 e. The third-order valence-electron chi connectivity index (χ3n) is 9.07. The second kappa shape index (κ2) is 13.4. The number of nitrogens with zero attached hydrogens (tertiary/aromatic N) is 3. The Bertz CT molecular complexity index is 2730. The van der Waals surface area contributed by atoms with E-state index in [2.05, 4.69) is 0 Å². The minimum Gasteiger partial charge on any atom is -0.268 e. The Kier molecular flexibility index (Phi) is 9.95. The number of hydrogen-bond donors (Lipinski definition) is 0. The highest BCUT2D eigenvalue weighted by molar-refractivity contribution is 6.54. The van der Waals surface area contributed by atoms with Crippen LogP contribution in [0.2, 0.25) is 60.3 Å². The number of hydrogen-bond acceptors (Lipinski definition) is 6. The molecule has 3 aromatic heterocycles. The average molecular weight is 969 g/mol. The van der Waals surface area contributed by atoms with Crippen LogP contribution in [0.25, 0.3) is 49.4 Å². The average Bonchev–Trinajstić information content (AvgIpc) is 3.65. The molecule has 0 aliphatic heterocycles. The first kappa shape index (κ1) is 40.0. The van der Waals surface area contributed by atoms with Gasteiger partial charge in [0.1, 0.15) is 0 Å². The van der Waals surface area contributed by atoms with E-state index in [0.717, 1.165) is 0 Å². The third-order valence-corrected chi connectivity index (χ3v) is 14.7. The van der Waals surface area contributed by atoms with E-state index in [1.54, 1.807) is 0 Å². The fraction of sp³-hybridized carbons (Fsp3) is 0.0909. The zero-order valence-corrected chi connectivity index (χ0v) is 35.4. The molecule has 0 saturated heterocycles. The summed E-state index contributed by atoms with van der Waals surface area (Å²) < 4.78 is 1.41. The van der Waals surface area contributed by atoms with Crippen LogP contribution in [0.3, 0.4) is 0 Å². The molecule has 0 saturated carbocycles. The van der Waals surface area contributed by atoms with Gasteiger partial charge in [-0.05, 0) is 37.5 Å². The fourth-order valence-corrected chi connectivity index (χ4v) is 9.66. The van der Waals surface area contributed by atoms with Gasteiger partial charge in [-0.3, -0.25) is 28.8 Å². The van der Waals surface area contributed by atoms with Gasteiger partial charge in [-0.15, -0.1) is 0 Å². The Labute approximate surface area is 359 Å². The molecule has 0 aliphatic rings. The summed E-state index contributed by atoms with van der Waals surface area (Å²) in [6, 6.07) is 0. The molecular formula is C33H9Cl12N3O6. The van der Waals surface area contributed by atoms with Gasteiger partial charge in [0.2, 0.25) is 0 Å². The van der Waals surface area contributed by atoms with Crippen LogP contribution in [0.1, 0.15) is 16.7 Å². The summed E-state index contributed by atoms with van der Waals surface area (Å²) in [6.45, 7) is 4.20. The van der Waals surface area contributed by atoms with Crippen LogP contribution in [0, 0.1) is 20.8 Å². The molecule has 0 N–H and O–H groups in total. The zero-order chi connectivity index (χ0) is 40.1. The number of benzene rings is 4. The van der Waals surface area contributed by atoms with Gasteiger partial charge in [-0.1, -0.05) is 139 Å². The van der Waals surface area contributed by atoms with Crippen molar-refractivity contribution >= 4 is 172 Å². The molecule has 276 valence electrons. The number of aromatic nitrogens is 3. The second-order valence-electron chi connectivity index (χ2n) is 11.8. The van der Waals surface area contributed by atoms with Crippen molar-refractivity contribution in [3.05, 3.63) is 139 Å². The maximum absolute atomic E-state index is 14.6. The van der Waals surface area contributed by atoms with Gasteiger partial charge in [0, 0.05) is 0 Å². The molecule has 0 fully saturated rings. The van der Waals surface area contributed by atoms with Gasteiger partial charge >= 0.3 is 0 Å². The maximum Gasteiger partial charge on any atom is 0.267 e. The summed E-state index contributed by atoms with van der Waals surface area (Å²) in [7, 11) is 0. The standard InChI is InChI=1S/C33H9Cl12N3O6/c1-4-13(34)21(42)27(22(43)14(4)35)48-32(53)11-9-7(28(49)46(30(9)51)25-5(2)15(36)17(38)19(40)23(25)44)8-10(12(11)33(48)54)31(52)47(29(8)50)26-6(3)16(37)18(39)20(41)24(26)45/h1-3H3. The summed E-state index contributed by atoms with van der Waals surface area (Å²) in [5, 5.41) is -8.05. The molecule has 21 heteroatoms. The second-order valence-corrected chi connectivity index (χ2v) is 16.3. The third kappa shape index (κ3) is 5.01. The Balaban J connectivity index is 1.86. The molecule has 9 nitrogen and oxygen atoms in total. The first-order chi connectivity index (χ1) is 25.1. The van der Waals surface area contributed by atoms with Crippen molar-refractivity contribution in [2.45, 2.75) is 20.8 Å². The fourth-order valence-electron chi connectivity index (χ4n) is 6.51. The highest BCUT2D eigenvalue weighted by Gasteiger charge is 2.35. The molecule has 0 atom stereocenters. The molecule has 0 unspecified atom stereocenters. The normalized spacial score (nSPS) is 12.1. The Morgan fingerprint density at radius 2 is 0.444 bits per heavy atom. The molecule has 7 rings (SSSR count). The molecule has 0 aliphatic carbocycles. The summed E-state index contributed by atoms with van der Waals surface area (Å²) >= 11 is 76.9. The first-order valence-electron chi connectivity index (χ1n) is 14.5. The Morgan fingerprint density at radius 3 is 0.704 bits per heavy atom. The number of rotatable bonds is 3. The van der Waals surface area contributed by atoms with Crippen LogP contribution in [0.4, 0.5) is 0 Å². The predicted octanol–water partition coefficient (Wildman–Crippen LogP) is 10.8. The van der Waals surface area contributed by atoms with Crippen LogP contribution < -0.4 is 33.4 Å². The van der Waals surface area contributed by atoms with Crippen LogP contribution >= 0.6 is 139 Å². The summed E-state index contributed by atoms with van der Waals surface area (Å²) in [4.78, 5) is 87.6. The number of halogens is 12. The van der Waals surface area contributed by atoms with Gasteiger partial charge in [0.25, 0.3) is 33.4 Å². The minimum absolute atomic E-state index is 0.0118. The molecule has 0 spiro atoms. The van der Waals surface area contributed by atoms with Gasteiger partial charge in [0.05, 0.1) is 110 Å². The zero-order valence-electron chi connectivity index (χ0n) is 26.3. The molecule has 4 aromatic carbocycles. The SMILES string of the molecule is Cc1c(Cl)c(Cl)c(-n2c(=O)c3c4c(=O)n(-c5c(C)c(Cl)c(Cl)c(Cl)c5Cl)c(=O)c4c4c(=O)n(-c5c(C)c(Cl)c(Cl)c(Cl)c5Cl)c(=O)c4c3c2=O)c(Cl)c1Cl. The molecule has 0 bridgehead atoms. The summed E-state index contributed by atoms with van der Waals surface area (Å²) in [6.07, 6.45) is 0. The van der Waals surface area contributed by atoms with Crippen molar-refractivity contribution in [1.29, 1.82) is 0 Å². The molecule has 54 heavy (non-hydrogen) atoms. The maximum atomic E-state index is 14.6. The predicted molar refractivity (Wildman–Crippen MR) is 222 cm³/mol. The van der Waals surface area contributed by atoms with Gasteiger partial charge in [-0.2, -0.15) is 0 Å². The van der Waals surface area contributed by atoms with Crippen LogP contribution in [-0.4, -0.2) is 13.7 Å². The molecule has 3 heterocycles. The lowest BCUT2D eigenvalue weighted by Gasteiger charge is -2.13. The van der Waals surface area contributed by atoms with Crippen molar-refractivity contribution in [2.75, 3.05) is 0 Å². The van der Waals surface area contributed by atoms with Gasteiger partial charge < -0.3 is 0 Å². The van der Waals surface area contributed by atoms with Crippen molar-refractivity contribution in [3.63, 3.8) is 0 Å². The molecular weight excluding hydrogens is 960 g/mol. The Hall–Kier alpha value is -2.22. The molecule has 7 aromatic rings. The van der Waals surface area contributed by atoms with Crippen molar-refractivity contribution < 1.29 is 0 Å². The van der Waals surface area contributed by atoms with E-state index in [1.165, 1.54) is 20.8 Å². The van der Waals surface area contributed by atoms with E-state index in [-0.39, 0.29) is 68.2 Å². The van der Waals surface area contributed by atoms with Gasteiger partial charge in [-0.25, -0.2) is 13.7 Å². The lowest BCUT2D eigenvalue weighted by atomic mass is 10.0. The van der Waals surface area contributed by atoms with E-state index in [4.69, 9.17) is 139 Å². The Morgan fingerprint density at radius 1 is 0.259 bits per heavy atom. The van der Waals surface area contributed by atoms with Crippen LogP contribution in [0.15, 0.2) is 28.8 Å². The molecule has 0 amide bonds. The lowest BCUT2D eigenvalue weighted by Crippen LogP contribution is -2.26. The van der Waals surface area contributed by atoms with Crippen LogP contribution in [0.5, 0.6) is 0 Å². The minimum atomic E-state index is -1.29. The van der Waals surface area contributed by atoms with Crippen molar-refractivity contribution in [1.82, 2.24) is 13.7 Å². The van der Waals surface area contributed by atoms with E-state index in [9.17, 15) is 28.8 Å². The largest absolute Gasteiger partial charge is 0.268 e. The topological polar surface area (TPSA) is 117 Å². The number of fused-ring (bicyclic) bond motifs is 6. The van der Waals surface area contributed by atoms with E-state index < -0.39 is 91.5 Å². The first-order valence-corrected chi connectivity index (χ1v) is 19.0. The van der Waals surface area contributed by atoms with Crippen molar-refractivity contribution in [2.24, 2.45) is 0 Å². The highest BCUT2D eigenvalue weighted by Crippen LogP contribution is 2.45.